The normalized spacial score (nSPS) is 18.1. The molecule has 0 bridgehead atoms. The number of carbonyl (C=O) groups is 3. The lowest BCUT2D eigenvalue weighted by Gasteiger charge is -2.15. The molecule has 130 valence electrons. The first-order valence-corrected chi connectivity index (χ1v) is 8.03. The Morgan fingerprint density at radius 2 is 2.00 bits per heavy atom. The molecule has 7 nitrogen and oxygen atoms in total. The third-order valence-corrected chi connectivity index (χ3v) is 4.04. The fourth-order valence-electron chi connectivity index (χ4n) is 2.75. The summed E-state index contributed by atoms with van der Waals surface area (Å²) in [5, 5.41) is 5.34. The number of carbonyl (C=O) groups excluding carboxylic acids is 3. The van der Waals surface area contributed by atoms with Gasteiger partial charge in [0, 0.05) is 6.42 Å². The van der Waals surface area contributed by atoms with Crippen LogP contribution in [0.1, 0.15) is 24.3 Å². The molecule has 0 aliphatic carbocycles. The average molecular weight is 341 g/mol. The van der Waals surface area contributed by atoms with Crippen LogP contribution in [0.25, 0.3) is 0 Å². The number of urea groups is 1. The van der Waals surface area contributed by atoms with Gasteiger partial charge in [-0.1, -0.05) is 30.3 Å². The van der Waals surface area contributed by atoms with Crippen molar-refractivity contribution >= 4 is 17.8 Å². The molecule has 0 unspecified atom stereocenters. The topological polar surface area (TPSA) is 91.7 Å². The van der Waals surface area contributed by atoms with Crippen molar-refractivity contribution < 1.29 is 18.8 Å². The van der Waals surface area contributed by atoms with E-state index in [1.54, 1.807) is 19.1 Å². The molecule has 3 rings (SSSR count). The number of benzene rings is 1. The number of nitrogens with zero attached hydrogens (tertiary/aromatic N) is 1. The number of hydrogen-bond donors (Lipinski definition) is 2. The van der Waals surface area contributed by atoms with Gasteiger partial charge in [0.05, 0.1) is 12.3 Å². The molecule has 7 heteroatoms. The molecule has 1 aromatic heterocycles. The highest BCUT2D eigenvalue weighted by atomic mass is 16.3. The van der Waals surface area contributed by atoms with E-state index in [0.29, 0.717) is 12.2 Å². The van der Waals surface area contributed by atoms with Gasteiger partial charge >= 0.3 is 6.03 Å². The van der Waals surface area contributed by atoms with Crippen LogP contribution < -0.4 is 10.6 Å². The lowest BCUT2D eigenvalue weighted by Crippen LogP contribution is -2.41. The maximum Gasteiger partial charge on any atom is 0.325 e. The Labute approximate surface area is 145 Å². The number of nitrogens with one attached hydrogen (secondary N) is 2. The van der Waals surface area contributed by atoms with Crippen molar-refractivity contribution in [1.29, 1.82) is 0 Å². The van der Waals surface area contributed by atoms with Crippen LogP contribution in [0.4, 0.5) is 4.79 Å². The van der Waals surface area contributed by atoms with Crippen LogP contribution in [0, 0.1) is 0 Å². The van der Waals surface area contributed by atoms with E-state index in [2.05, 4.69) is 10.6 Å². The highest BCUT2D eigenvalue weighted by Gasteiger charge is 2.38. The molecule has 1 fully saturated rings. The first-order chi connectivity index (χ1) is 12.0. The van der Waals surface area contributed by atoms with E-state index in [1.165, 1.54) is 6.26 Å². The maximum atomic E-state index is 12.4. The summed E-state index contributed by atoms with van der Waals surface area (Å²) in [5.74, 6) is -0.213. The fourth-order valence-corrected chi connectivity index (χ4v) is 2.75. The van der Waals surface area contributed by atoms with E-state index < -0.39 is 23.9 Å². The van der Waals surface area contributed by atoms with Crippen LogP contribution >= 0.6 is 0 Å². The molecule has 1 saturated heterocycles. The highest BCUT2D eigenvalue weighted by molar-refractivity contribution is 6.06. The molecule has 25 heavy (non-hydrogen) atoms. The summed E-state index contributed by atoms with van der Waals surface area (Å²) in [6, 6.07) is 11.3. The summed E-state index contributed by atoms with van der Waals surface area (Å²) in [6.45, 7) is 1.45. The summed E-state index contributed by atoms with van der Waals surface area (Å²) in [6.07, 6.45) is 1.91. The number of furan rings is 1. The minimum atomic E-state index is -0.648. The zero-order chi connectivity index (χ0) is 17.8. The van der Waals surface area contributed by atoms with Gasteiger partial charge in [-0.25, -0.2) is 4.79 Å². The summed E-state index contributed by atoms with van der Waals surface area (Å²) in [7, 11) is 0. The molecule has 2 N–H and O–H groups in total. The molecular weight excluding hydrogens is 322 g/mol. The zero-order valence-electron chi connectivity index (χ0n) is 13.8. The van der Waals surface area contributed by atoms with Crippen molar-refractivity contribution in [3.8, 4) is 0 Å². The molecule has 2 atom stereocenters. The Kier molecular flexibility index (Phi) is 4.83. The van der Waals surface area contributed by atoms with Gasteiger partial charge in [-0.2, -0.15) is 0 Å². The maximum absolute atomic E-state index is 12.4. The Balaban J connectivity index is 1.58. The minimum Gasteiger partial charge on any atom is -0.467 e. The van der Waals surface area contributed by atoms with Crippen LogP contribution in [0.2, 0.25) is 0 Å². The second-order valence-corrected chi connectivity index (χ2v) is 5.92. The summed E-state index contributed by atoms with van der Waals surface area (Å²) in [5.41, 5.74) is 0.943. The highest BCUT2D eigenvalue weighted by Crippen LogP contribution is 2.14. The van der Waals surface area contributed by atoms with Crippen molar-refractivity contribution in [3.63, 3.8) is 0 Å². The fraction of sp³-hybridized carbons (Fsp3) is 0.278. The number of imide groups is 1. The molecule has 0 radical (unpaired) electrons. The second kappa shape index (κ2) is 7.21. The van der Waals surface area contributed by atoms with E-state index in [9.17, 15) is 14.4 Å². The largest absolute Gasteiger partial charge is 0.467 e. The van der Waals surface area contributed by atoms with Crippen LogP contribution in [-0.4, -0.2) is 35.3 Å². The van der Waals surface area contributed by atoms with Crippen LogP contribution in [0.5, 0.6) is 0 Å². The molecule has 4 amide bonds. The van der Waals surface area contributed by atoms with Gasteiger partial charge in [-0.15, -0.1) is 0 Å². The van der Waals surface area contributed by atoms with Crippen molar-refractivity contribution in [2.75, 3.05) is 6.54 Å². The van der Waals surface area contributed by atoms with Gasteiger partial charge in [0.1, 0.15) is 18.3 Å². The van der Waals surface area contributed by atoms with Gasteiger partial charge in [0.2, 0.25) is 5.91 Å². The Bertz CT molecular complexity index is 758. The number of hydrogen-bond acceptors (Lipinski definition) is 4. The summed E-state index contributed by atoms with van der Waals surface area (Å²) >= 11 is 0. The van der Waals surface area contributed by atoms with E-state index in [-0.39, 0.29) is 12.6 Å². The SMILES string of the molecule is C[C@H](NC(=O)CN1C(=O)N[C@H](Cc2ccccc2)C1=O)c1ccco1. The monoisotopic (exact) mass is 341 g/mol. The third-order valence-electron chi connectivity index (χ3n) is 4.04. The number of rotatable bonds is 6. The lowest BCUT2D eigenvalue weighted by molar-refractivity contribution is -0.132. The van der Waals surface area contributed by atoms with E-state index in [4.69, 9.17) is 4.42 Å². The van der Waals surface area contributed by atoms with Crippen molar-refractivity contribution in [2.24, 2.45) is 0 Å². The van der Waals surface area contributed by atoms with Gasteiger partial charge in [-0.05, 0) is 24.6 Å². The molecule has 1 aromatic carbocycles. The Morgan fingerprint density at radius 3 is 2.68 bits per heavy atom. The molecular formula is C18H19N3O4. The smallest absolute Gasteiger partial charge is 0.325 e. The van der Waals surface area contributed by atoms with Gasteiger partial charge in [-0.3, -0.25) is 14.5 Å². The first kappa shape index (κ1) is 16.8. The Morgan fingerprint density at radius 1 is 1.24 bits per heavy atom. The predicted octanol–water partition coefficient (Wildman–Crippen LogP) is 1.62. The third kappa shape index (κ3) is 3.88. The van der Waals surface area contributed by atoms with E-state index in [0.717, 1.165) is 10.5 Å². The van der Waals surface area contributed by atoms with Crippen molar-refractivity contribution in [3.05, 3.63) is 60.1 Å². The Hall–Kier alpha value is -3.09. The molecule has 2 aromatic rings. The quantitative estimate of drug-likeness (QED) is 0.781. The lowest BCUT2D eigenvalue weighted by atomic mass is 10.1. The molecule has 1 aliphatic heterocycles. The van der Waals surface area contributed by atoms with Gasteiger partial charge in [0.15, 0.2) is 0 Å². The molecule has 1 aliphatic rings. The van der Waals surface area contributed by atoms with Gasteiger partial charge in [0.25, 0.3) is 5.91 Å². The summed E-state index contributed by atoms with van der Waals surface area (Å²) < 4.78 is 5.22. The van der Waals surface area contributed by atoms with Crippen molar-refractivity contribution in [1.82, 2.24) is 15.5 Å². The van der Waals surface area contributed by atoms with Crippen LogP contribution in [-0.2, 0) is 16.0 Å². The average Bonchev–Trinajstić information content (AvgIpc) is 3.21. The van der Waals surface area contributed by atoms with Crippen LogP contribution in [0.3, 0.4) is 0 Å². The minimum absolute atomic E-state index is 0.318. The first-order valence-electron chi connectivity index (χ1n) is 8.03. The van der Waals surface area contributed by atoms with Crippen LogP contribution in [0.15, 0.2) is 53.1 Å². The van der Waals surface area contributed by atoms with Gasteiger partial charge < -0.3 is 15.1 Å². The molecule has 0 spiro atoms. The van der Waals surface area contributed by atoms with E-state index in [1.807, 2.05) is 30.3 Å². The second-order valence-electron chi connectivity index (χ2n) is 5.92. The van der Waals surface area contributed by atoms with E-state index >= 15 is 0 Å². The standard InChI is InChI=1S/C18H19N3O4/c1-12(15-8-5-9-25-15)19-16(22)11-21-17(23)14(20-18(21)24)10-13-6-3-2-4-7-13/h2-9,12,14H,10-11H2,1H3,(H,19,22)(H,20,24)/t12-,14+/m0/s1. The predicted molar refractivity (Wildman–Crippen MR) is 89.4 cm³/mol. The number of amides is 4. The molecule has 2 heterocycles. The van der Waals surface area contributed by atoms with Crippen molar-refractivity contribution in [2.45, 2.75) is 25.4 Å². The summed E-state index contributed by atoms with van der Waals surface area (Å²) in [4.78, 5) is 37.5. The zero-order valence-corrected chi connectivity index (χ0v) is 13.8. The molecule has 0 saturated carbocycles.